The summed E-state index contributed by atoms with van der Waals surface area (Å²) in [7, 11) is -2.87. The molecule has 10 aromatic rings. The van der Waals surface area contributed by atoms with Crippen LogP contribution in [0.4, 0.5) is 0 Å². The minimum atomic E-state index is -2.87. The molecule has 2 aromatic heterocycles. The standard InChI is InChI=1S/C56H47NOSi/c1-55(2)33-34-56(3,4)49-37-43(30-31-48(49)55)59(40-18-7-5-8-19-40,41-20-9-6-10-21-41)42-22-15-17-39(36-42)57-50-26-13-11-24-46(50)54-44(25-16-27-51(54)57)38-29-32-53-47(35-38)45-23-12-14-28-52(45)58-53/h5-32,35-37H,33-34H2,1-4H3. The summed E-state index contributed by atoms with van der Waals surface area (Å²) in [6.07, 6.45) is 2.38. The molecule has 1 aliphatic rings. The van der Waals surface area contributed by atoms with Gasteiger partial charge in [-0.15, -0.1) is 0 Å². The van der Waals surface area contributed by atoms with Gasteiger partial charge in [0.15, 0.2) is 8.07 Å². The van der Waals surface area contributed by atoms with Gasteiger partial charge in [0.05, 0.1) is 11.0 Å². The van der Waals surface area contributed by atoms with Crippen LogP contribution in [0.1, 0.15) is 51.7 Å². The van der Waals surface area contributed by atoms with E-state index in [1.807, 2.05) is 6.07 Å². The highest BCUT2D eigenvalue weighted by atomic mass is 28.3. The molecule has 2 heterocycles. The molecule has 3 heteroatoms. The summed E-state index contributed by atoms with van der Waals surface area (Å²) in [6.45, 7) is 9.76. The van der Waals surface area contributed by atoms with Crippen LogP contribution in [0.2, 0.25) is 0 Å². The Balaban J connectivity index is 1.17. The molecule has 0 saturated carbocycles. The summed E-state index contributed by atoms with van der Waals surface area (Å²) in [5.41, 5.74) is 11.0. The molecule has 8 aromatic carbocycles. The number of nitrogens with zero attached hydrogens (tertiary/aromatic N) is 1. The number of hydrogen-bond donors (Lipinski definition) is 0. The normalized spacial score (nSPS) is 14.9. The van der Waals surface area contributed by atoms with E-state index < -0.39 is 8.07 Å². The van der Waals surface area contributed by atoms with Crippen LogP contribution in [0.5, 0.6) is 0 Å². The number of fused-ring (bicyclic) bond motifs is 7. The molecular formula is C56H47NOSi. The first-order chi connectivity index (χ1) is 28.7. The molecule has 2 nitrogen and oxygen atoms in total. The average Bonchev–Trinajstić information content (AvgIpc) is 3.82. The Bertz CT molecular complexity index is 3180. The summed E-state index contributed by atoms with van der Waals surface area (Å²) >= 11 is 0. The number of hydrogen-bond acceptors (Lipinski definition) is 1. The number of para-hydroxylation sites is 2. The largest absolute Gasteiger partial charge is 0.456 e. The van der Waals surface area contributed by atoms with Crippen LogP contribution >= 0.6 is 0 Å². The highest BCUT2D eigenvalue weighted by Crippen LogP contribution is 2.46. The fourth-order valence-electron chi connectivity index (χ4n) is 10.5. The molecule has 59 heavy (non-hydrogen) atoms. The van der Waals surface area contributed by atoms with Gasteiger partial charge in [-0.1, -0.05) is 173 Å². The van der Waals surface area contributed by atoms with E-state index in [0.717, 1.165) is 21.9 Å². The van der Waals surface area contributed by atoms with E-state index in [1.165, 1.54) is 83.3 Å². The number of rotatable bonds is 6. The van der Waals surface area contributed by atoms with E-state index >= 15 is 0 Å². The van der Waals surface area contributed by atoms with Crippen molar-refractivity contribution in [1.29, 1.82) is 0 Å². The highest BCUT2D eigenvalue weighted by Gasteiger charge is 2.44. The van der Waals surface area contributed by atoms with Crippen molar-refractivity contribution in [2.45, 2.75) is 51.4 Å². The molecule has 0 saturated heterocycles. The average molecular weight is 778 g/mol. The van der Waals surface area contributed by atoms with Gasteiger partial charge in [-0.05, 0) is 109 Å². The van der Waals surface area contributed by atoms with Crippen molar-refractivity contribution in [3.8, 4) is 16.8 Å². The molecule has 0 unspecified atom stereocenters. The molecule has 1 aliphatic carbocycles. The Morgan fingerprint density at radius 2 is 1.03 bits per heavy atom. The van der Waals surface area contributed by atoms with Gasteiger partial charge < -0.3 is 8.98 Å². The second-order valence-electron chi connectivity index (χ2n) is 17.9. The molecule has 11 rings (SSSR count). The zero-order valence-electron chi connectivity index (χ0n) is 34.2. The monoisotopic (exact) mass is 777 g/mol. The predicted molar refractivity (Wildman–Crippen MR) is 252 cm³/mol. The maximum atomic E-state index is 6.24. The van der Waals surface area contributed by atoms with E-state index in [4.69, 9.17) is 4.42 Å². The van der Waals surface area contributed by atoms with E-state index in [2.05, 4.69) is 214 Å². The third-order valence-electron chi connectivity index (χ3n) is 13.6. The maximum absolute atomic E-state index is 6.24. The number of benzene rings is 8. The van der Waals surface area contributed by atoms with Crippen molar-refractivity contribution in [2.75, 3.05) is 0 Å². The third-order valence-corrected chi connectivity index (χ3v) is 18.4. The Labute approximate surface area is 347 Å². The third kappa shape index (κ3) is 5.45. The topological polar surface area (TPSA) is 18.1 Å². The van der Waals surface area contributed by atoms with Crippen molar-refractivity contribution in [3.05, 3.63) is 199 Å². The first-order valence-corrected chi connectivity index (χ1v) is 23.1. The number of furan rings is 1. The van der Waals surface area contributed by atoms with Gasteiger partial charge in [-0.3, -0.25) is 0 Å². The summed E-state index contributed by atoms with van der Waals surface area (Å²) in [4.78, 5) is 0. The quantitative estimate of drug-likeness (QED) is 0.121. The lowest BCUT2D eigenvalue weighted by molar-refractivity contribution is 0.332. The van der Waals surface area contributed by atoms with Gasteiger partial charge in [0, 0.05) is 27.2 Å². The van der Waals surface area contributed by atoms with E-state index in [1.54, 1.807) is 0 Å². The van der Waals surface area contributed by atoms with Crippen LogP contribution in [-0.2, 0) is 10.8 Å². The van der Waals surface area contributed by atoms with Crippen molar-refractivity contribution >= 4 is 72.6 Å². The van der Waals surface area contributed by atoms with Gasteiger partial charge in [-0.2, -0.15) is 0 Å². The van der Waals surface area contributed by atoms with Crippen LogP contribution in [0, 0.1) is 0 Å². The zero-order chi connectivity index (χ0) is 39.9. The minimum absolute atomic E-state index is 0.0894. The lowest BCUT2D eigenvalue weighted by Gasteiger charge is -2.43. The van der Waals surface area contributed by atoms with Crippen molar-refractivity contribution < 1.29 is 4.42 Å². The van der Waals surface area contributed by atoms with Gasteiger partial charge in [-0.25, -0.2) is 0 Å². The molecule has 0 atom stereocenters. The Hall–Kier alpha value is -6.42. The van der Waals surface area contributed by atoms with Gasteiger partial charge >= 0.3 is 0 Å². The van der Waals surface area contributed by atoms with E-state index in [0.29, 0.717) is 0 Å². The van der Waals surface area contributed by atoms with Crippen LogP contribution in [0.25, 0.3) is 60.6 Å². The van der Waals surface area contributed by atoms with Crippen LogP contribution in [0.3, 0.4) is 0 Å². The molecule has 0 N–H and O–H groups in total. The Morgan fingerprint density at radius 1 is 0.441 bits per heavy atom. The molecule has 0 spiro atoms. The second-order valence-corrected chi connectivity index (χ2v) is 21.7. The maximum Gasteiger partial charge on any atom is 0.179 e. The van der Waals surface area contributed by atoms with Gasteiger partial charge in [0.25, 0.3) is 0 Å². The second kappa shape index (κ2) is 13.3. The van der Waals surface area contributed by atoms with Crippen LogP contribution in [0.15, 0.2) is 192 Å². The van der Waals surface area contributed by atoms with Gasteiger partial charge in [0.2, 0.25) is 0 Å². The Morgan fingerprint density at radius 3 is 1.80 bits per heavy atom. The molecule has 286 valence electrons. The van der Waals surface area contributed by atoms with Crippen molar-refractivity contribution in [2.24, 2.45) is 0 Å². The summed E-state index contributed by atoms with van der Waals surface area (Å²) < 4.78 is 8.74. The van der Waals surface area contributed by atoms with E-state index in [9.17, 15) is 0 Å². The lowest BCUT2D eigenvalue weighted by Crippen LogP contribution is -2.75. The minimum Gasteiger partial charge on any atom is -0.456 e. The predicted octanol–water partition coefficient (Wildman–Crippen LogP) is 12.1. The molecule has 0 bridgehead atoms. The molecular weight excluding hydrogens is 731 g/mol. The SMILES string of the molecule is CC1(C)CCC(C)(C)c2cc([Si](c3ccccc3)(c3ccccc3)c3cccc(-n4c5ccccc5c5c(-c6ccc7oc8ccccc8c7c6)cccc54)c3)ccc21. The first-order valence-electron chi connectivity index (χ1n) is 21.1. The summed E-state index contributed by atoms with van der Waals surface area (Å²) in [5, 5.41) is 10.4. The smallest absolute Gasteiger partial charge is 0.179 e. The Kier molecular flexibility index (Phi) is 8.06. The van der Waals surface area contributed by atoms with Crippen LogP contribution < -0.4 is 20.7 Å². The van der Waals surface area contributed by atoms with Crippen LogP contribution in [-0.4, -0.2) is 12.6 Å². The molecule has 0 radical (unpaired) electrons. The molecule has 0 fully saturated rings. The molecule has 0 amide bonds. The lowest BCUT2D eigenvalue weighted by atomic mass is 9.63. The van der Waals surface area contributed by atoms with Gasteiger partial charge in [0.1, 0.15) is 11.2 Å². The van der Waals surface area contributed by atoms with E-state index in [-0.39, 0.29) is 10.8 Å². The first kappa shape index (κ1) is 35.7. The molecule has 0 aliphatic heterocycles. The fourth-order valence-corrected chi connectivity index (χ4v) is 15.3. The summed E-state index contributed by atoms with van der Waals surface area (Å²) in [6, 6.07) is 70.6. The number of aromatic nitrogens is 1. The zero-order valence-corrected chi connectivity index (χ0v) is 35.2. The van der Waals surface area contributed by atoms with Crippen molar-refractivity contribution in [1.82, 2.24) is 4.57 Å². The van der Waals surface area contributed by atoms with Crippen molar-refractivity contribution in [3.63, 3.8) is 0 Å². The fraction of sp³-hybridized carbons (Fsp3) is 0.143. The summed E-state index contributed by atoms with van der Waals surface area (Å²) in [5.74, 6) is 0. The highest BCUT2D eigenvalue weighted by molar-refractivity contribution is 7.19.